The van der Waals surface area contributed by atoms with Gasteiger partial charge in [-0.05, 0) is 41.5 Å². The van der Waals surface area contributed by atoms with Crippen LogP contribution in [0.25, 0.3) is 11.0 Å². The maximum absolute atomic E-state index is 14.3. The van der Waals surface area contributed by atoms with E-state index in [1.165, 1.54) is 43.6 Å². The summed E-state index contributed by atoms with van der Waals surface area (Å²) in [5.41, 5.74) is -3.30. The largest absolute Gasteiger partial charge is 0.478 e. The Bertz CT molecular complexity index is 1470. The van der Waals surface area contributed by atoms with Crippen LogP contribution in [0.1, 0.15) is 34.3 Å². The van der Waals surface area contributed by atoms with Crippen LogP contribution >= 0.6 is 23.2 Å². The Labute approximate surface area is 212 Å². The molecule has 2 atom stereocenters. The maximum atomic E-state index is 14.3. The van der Waals surface area contributed by atoms with E-state index in [4.69, 9.17) is 33.0 Å². The Balaban J connectivity index is 1.69. The molecule has 36 heavy (non-hydrogen) atoms. The lowest BCUT2D eigenvalue weighted by atomic mass is 9.77. The van der Waals surface area contributed by atoms with Gasteiger partial charge in [0.15, 0.2) is 5.60 Å². The molecule has 0 spiro atoms. The van der Waals surface area contributed by atoms with Crippen LogP contribution in [0.4, 0.5) is 13.2 Å². The fraction of sp³-hybridized carbons (Fsp3) is 0.167. The highest BCUT2D eigenvalue weighted by molar-refractivity contribution is 6.32. The fourth-order valence-corrected chi connectivity index (χ4v) is 4.28. The predicted octanol–water partition coefficient (Wildman–Crippen LogP) is 6.38. The number of hydrogen-bond acceptors (Lipinski definition) is 6. The highest BCUT2D eigenvalue weighted by Gasteiger charge is 2.59. The number of halogens is 5. The topological polar surface area (TPSA) is 105 Å². The van der Waals surface area contributed by atoms with Crippen LogP contribution in [-0.4, -0.2) is 37.3 Å². The van der Waals surface area contributed by atoms with Gasteiger partial charge in [-0.3, -0.25) is 9.97 Å². The monoisotopic (exact) mass is 537 g/mol. The summed E-state index contributed by atoms with van der Waals surface area (Å²) in [6, 6.07) is 8.67. The van der Waals surface area contributed by atoms with Gasteiger partial charge in [0.25, 0.3) is 0 Å². The Hall–Kier alpha value is -3.47. The summed E-state index contributed by atoms with van der Waals surface area (Å²) in [6.45, 7) is 1.21. The minimum absolute atomic E-state index is 0.00312. The van der Waals surface area contributed by atoms with E-state index in [-0.39, 0.29) is 38.3 Å². The van der Waals surface area contributed by atoms with Gasteiger partial charge in [0, 0.05) is 29.5 Å². The van der Waals surface area contributed by atoms with Gasteiger partial charge >= 0.3 is 12.1 Å². The number of aliphatic hydroxyl groups is 1. The summed E-state index contributed by atoms with van der Waals surface area (Å²) < 4.78 is 48.5. The number of benzene rings is 2. The number of carbonyl (C=O) groups is 1. The van der Waals surface area contributed by atoms with Crippen LogP contribution in [0.15, 0.2) is 61.1 Å². The van der Waals surface area contributed by atoms with Gasteiger partial charge in [0.2, 0.25) is 5.88 Å². The molecule has 2 heterocycles. The number of fused-ring (bicyclic) bond motifs is 1. The van der Waals surface area contributed by atoms with Gasteiger partial charge in [0.05, 0.1) is 16.6 Å². The van der Waals surface area contributed by atoms with Gasteiger partial charge in [-0.1, -0.05) is 42.3 Å². The summed E-state index contributed by atoms with van der Waals surface area (Å²) in [6.07, 6.45) is -1.27. The van der Waals surface area contributed by atoms with Crippen molar-refractivity contribution in [1.29, 1.82) is 0 Å². The van der Waals surface area contributed by atoms with Crippen LogP contribution in [0.2, 0.25) is 10.0 Å². The second kappa shape index (κ2) is 9.53. The highest BCUT2D eigenvalue weighted by atomic mass is 35.5. The Kier molecular flexibility index (Phi) is 6.78. The van der Waals surface area contributed by atoms with Crippen molar-refractivity contribution < 1.29 is 32.9 Å². The predicted molar refractivity (Wildman–Crippen MR) is 126 cm³/mol. The molecular formula is C24H16Cl2F3N3O4. The number of carboxylic acids is 1. The first-order chi connectivity index (χ1) is 16.9. The molecule has 0 aliphatic heterocycles. The van der Waals surface area contributed by atoms with Crippen molar-refractivity contribution in [2.75, 3.05) is 0 Å². The molecule has 0 unspecified atom stereocenters. The molecule has 0 aliphatic carbocycles. The third kappa shape index (κ3) is 4.67. The Morgan fingerprint density at radius 2 is 1.67 bits per heavy atom. The lowest BCUT2D eigenvalue weighted by Crippen LogP contribution is -2.46. The summed E-state index contributed by atoms with van der Waals surface area (Å²) in [5, 5.41) is 19.9. The van der Waals surface area contributed by atoms with E-state index in [9.17, 15) is 23.1 Å². The molecular weight excluding hydrogens is 522 g/mol. The average Bonchev–Trinajstić information content (AvgIpc) is 2.83. The van der Waals surface area contributed by atoms with Gasteiger partial charge in [-0.2, -0.15) is 13.2 Å². The van der Waals surface area contributed by atoms with E-state index in [1.54, 1.807) is 0 Å². The molecule has 2 aromatic heterocycles. The summed E-state index contributed by atoms with van der Waals surface area (Å²) in [5.74, 6) is -2.80. The first-order valence-electron chi connectivity index (χ1n) is 10.3. The molecule has 0 amide bonds. The number of aromatic nitrogens is 3. The maximum Gasteiger partial charge on any atom is 0.422 e. The van der Waals surface area contributed by atoms with Crippen molar-refractivity contribution in [2.45, 2.75) is 24.6 Å². The third-order valence-electron chi connectivity index (χ3n) is 5.68. The minimum atomic E-state index is -5.07. The quantitative estimate of drug-likeness (QED) is 0.294. The van der Waals surface area contributed by atoms with E-state index < -0.39 is 29.2 Å². The molecule has 4 aromatic rings. The van der Waals surface area contributed by atoms with Crippen molar-refractivity contribution in [3.63, 3.8) is 0 Å². The van der Waals surface area contributed by atoms with Crippen molar-refractivity contribution >= 4 is 40.2 Å². The van der Waals surface area contributed by atoms with E-state index in [1.807, 2.05) is 0 Å². The molecule has 2 N–H and O–H groups in total. The standard InChI is InChI=1S/C24H16Cl2F3N3O4/c1-12(23(35,24(27,28)29)14-2-5-19-20(9-14)31-7-6-30-19)16-4-3-15(10-17(16)25)36-21-18(26)8-13(11-32-21)22(33)34/h2-12,35H,1H3,(H,33,34)/t12-,23-/m1/s1. The fourth-order valence-electron chi connectivity index (χ4n) is 3.74. The van der Waals surface area contributed by atoms with Gasteiger partial charge in [-0.25, -0.2) is 9.78 Å². The first kappa shape index (κ1) is 25.6. The van der Waals surface area contributed by atoms with Crippen molar-refractivity contribution in [3.05, 3.63) is 87.8 Å². The Morgan fingerprint density at radius 1 is 0.972 bits per heavy atom. The number of alkyl halides is 3. The van der Waals surface area contributed by atoms with E-state index in [2.05, 4.69) is 15.0 Å². The van der Waals surface area contributed by atoms with Crippen molar-refractivity contribution in [2.24, 2.45) is 0 Å². The van der Waals surface area contributed by atoms with Gasteiger partial charge in [0.1, 0.15) is 10.8 Å². The van der Waals surface area contributed by atoms with Crippen molar-refractivity contribution in [3.8, 4) is 11.6 Å². The second-order valence-electron chi connectivity index (χ2n) is 7.85. The molecule has 0 aliphatic rings. The number of pyridine rings is 1. The van der Waals surface area contributed by atoms with E-state index in [0.29, 0.717) is 5.52 Å². The SMILES string of the molecule is C[C@H](c1ccc(Oc2ncc(C(=O)O)cc2Cl)cc1Cl)[C@@](O)(c1ccc2nccnc2c1)C(F)(F)F. The number of ether oxygens (including phenoxy) is 1. The lowest BCUT2D eigenvalue weighted by molar-refractivity contribution is -0.274. The molecule has 12 heteroatoms. The molecule has 0 saturated carbocycles. The van der Waals surface area contributed by atoms with Gasteiger partial charge < -0.3 is 14.9 Å². The normalized spacial score (nSPS) is 14.3. The third-order valence-corrected chi connectivity index (χ3v) is 6.27. The lowest BCUT2D eigenvalue weighted by Gasteiger charge is -2.37. The molecule has 0 fully saturated rings. The number of rotatable bonds is 6. The molecule has 2 aromatic carbocycles. The summed E-state index contributed by atoms with van der Waals surface area (Å²) in [4.78, 5) is 22.9. The molecule has 0 radical (unpaired) electrons. The molecule has 4 rings (SSSR count). The van der Waals surface area contributed by atoms with Crippen LogP contribution in [0, 0.1) is 0 Å². The summed E-state index contributed by atoms with van der Waals surface area (Å²) in [7, 11) is 0. The minimum Gasteiger partial charge on any atom is -0.478 e. The van der Waals surface area contributed by atoms with Crippen molar-refractivity contribution in [1.82, 2.24) is 15.0 Å². The second-order valence-corrected chi connectivity index (χ2v) is 8.66. The number of nitrogens with zero attached hydrogens (tertiary/aromatic N) is 3. The zero-order chi connectivity index (χ0) is 26.3. The average molecular weight is 538 g/mol. The molecule has 7 nitrogen and oxygen atoms in total. The first-order valence-corrected chi connectivity index (χ1v) is 11.0. The van der Waals surface area contributed by atoms with E-state index in [0.717, 1.165) is 24.4 Å². The van der Waals surface area contributed by atoms with Crippen LogP contribution < -0.4 is 4.74 Å². The zero-order valence-corrected chi connectivity index (χ0v) is 19.8. The molecule has 0 saturated heterocycles. The van der Waals surface area contributed by atoms with Gasteiger partial charge in [-0.15, -0.1) is 0 Å². The zero-order valence-electron chi connectivity index (χ0n) is 18.3. The van der Waals surface area contributed by atoms with E-state index >= 15 is 0 Å². The number of hydrogen-bond donors (Lipinski definition) is 2. The number of aromatic carboxylic acids is 1. The smallest absolute Gasteiger partial charge is 0.422 e. The number of carboxylic acid groups (broad SMARTS) is 1. The molecule has 186 valence electrons. The molecule has 0 bridgehead atoms. The van der Waals surface area contributed by atoms with Crippen LogP contribution in [0.3, 0.4) is 0 Å². The van der Waals surface area contributed by atoms with Crippen LogP contribution in [0.5, 0.6) is 11.6 Å². The van der Waals surface area contributed by atoms with Crippen LogP contribution in [-0.2, 0) is 5.60 Å². The highest BCUT2D eigenvalue weighted by Crippen LogP contribution is 2.50. The summed E-state index contributed by atoms with van der Waals surface area (Å²) >= 11 is 12.3. The Morgan fingerprint density at radius 3 is 2.28 bits per heavy atom.